The maximum absolute atomic E-state index is 12.1. The van der Waals surface area contributed by atoms with Gasteiger partial charge in [0, 0.05) is 0 Å². The van der Waals surface area contributed by atoms with E-state index in [1.54, 1.807) is 0 Å². The monoisotopic (exact) mass is 492 g/mol. The van der Waals surface area contributed by atoms with E-state index in [-0.39, 0.29) is 23.0 Å². The normalized spacial score (nSPS) is 11.3. The van der Waals surface area contributed by atoms with E-state index in [2.05, 4.69) is 97.1 Å². The number of halogens is 1. The Morgan fingerprint density at radius 3 is 1.55 bits per heavy atom. The maximum atomic E-state index is 12.1. The molecule has 0 radical (unpaired) electrons. The van der Waals surface area contributed by atoms with Crippen LogP contribution in [-0.2, 0) is 10.9 Å². The van der Waals surface area contributed by atoms with Crippen molar-refractivity contribution >= 4 is 46.1 Å². The van der Waals surface area contributed by atoms with Crippen LogP contribution in [0.2, 0.25) is 0 Å². The van der Waals surface area contributed by atoms with Gasteiger partial charge in [0.1, 0.15) is 0 Å². The van der Waals surface area contributed by atoms with Crippen molar-refractivity contribution < 1.29 is 9.53 Å². The van der Waals surface area contributed by atoms with Gasteiger partial charge >= 0.3 is 178 Å². The number of esters is 1. The molecule has 0 unspecified atom stereocenters. The molecule has 0 aromatic heterocycles. The summed E-state index contributed by atoms with van der Waals surface area (Å²) in [6.07, 6.45) is 0.857. The fourth-order valence-corrected chi connectivity index (χ4v) is 8.94. The molecule has 0 atom stereocenters. The van der Waals surface area contributed by atoms with Crippen molar-refractivity contribution in [1.82, 2.24) is 0 Å². The fourth-order valence-electron chi connectivity index (χ4n) is 4.21. The third-order valence-corrected chi connectivity index (χ3v) is 10.5. The van der Waals surface area contributed by atoms with Gasteiger partial charge in [-0.05, 0) is 0 Å². The van der Waals surface area contributed by atoms with Gasteiger partial charge in [0.2, 0.25) is 0 Å². The number of hydrogen-bond acceptors (Lipinski definition) is 2. The quantitative estimate of drug-likeness (QED) is 0.270. The summed E-state index contributed by atoms with van der Waals surface area (Å²) in [5, 5.41) is 4.06. The van der Waals surface area contributed by atoms with Crippen LogP contribution in [-0.4, -0.2) is 13.1 Å². The molecule has 31 heavy (non-hydrogen) atoms. The SMILES string of the molecule is Br.COC(=O)c1cccc(C[PH](c2ccccc2)(c2ccccc2)c2ccccc2)c1. The van der Waals surface area contributed by atoms with Crippen molar-refractivity contribution in [2.45, 2.75) is 6.16 Å². The van der Waals surface area contributed by atoms with Crippen LogP contribution in [0.3, 0.4) is 0 Å². The first-order chi connectivity index (χ1) is 14.7. The topological polar surface area (TPSA) is 26.3 Å². The summed E-state index contributed by atoms with van der Waals surface area (Å²) in [6.45, 7) is 0. The second-order valence-corrected chi connectivity index (χ2v) is 11.3. The summed E-state index contributed by atoms with van der Waals surface area (Å²) in [5.74, 6) is -0.303. The molecule has 0 bridgehead atoms. The van der Waals surface area contributed by atoms with E-state index >= 15 is 0 Å². The molecular weight excluding hydrogens is 467 g/mol. The zero-order valence-corrected chi connectivity index (χ0v) is 20.1. The Bertz CT molecular complexity index is 1020. The molecule has 0 saturated carbocycles. The van der Waals surface area contributed by atoms with Crippen molar-refractivity contribution in [2.24, 2.45) is 0 Å². The zero-order chi connectivity index (χ0) is 20.8. The predicted octanol–water partition coefficient (Wildman–Crippen LogP) is 5.28. The van der Waals surface area contributed by atoms with Crippen LogP contribution in [0, 0.1) is 0 Å². The molecule has 0 heterocycles. The van der Waals surface area contributed by atoms with Gasteiger partial charge in [-0.15, -0.1) is 17.0 Å². The molecule has 0 N–H and O–H groups in total. The summed E-state index contributed by atoms with van der Waals surface area (Å²) >= 11 is 0. The summed E-state index contributed by atoms with van der Waals surface area (Å²) in [6, 6.07) is 40.2. The van der Waals surface area contributed by atoms with Crippen molar-refractivity contribution in [3.63, 3.8) is 0 Å². The van der Waals surface area contributed by atoms with Crippen LogP contribution in [0.4, 0.5) is 0 Å². The molecule has 4 aromatic carbocycles. The van der Waals surface area contributed by atoms with Crippen LogP contribution in [0.25, 0.3) is 0 Å². The van der Waals surface area contributed by atoms with E-state index < -0.39 is 7.26 Å². The van der Waals surface area contributed by atoms with Gasteiger partial charge in [-0.1, -0.05) is 0 Å². The molecule has 0 aliphatic carbocycles. The third kappa shape index (κ3) is 4.79. The van der Waals surface area contributed by atoms with Crippen LogP contribution >= 0.6 is 24.2 Å². The zero-order valence-electron chi connectivity index (χ0n) is 17.4. The Morgan fingerprint density at radius 1 is 0.677 bits per heavy atom. The minimum absolute atomic E-state index is 0. The average molecular weight is 493 g/mol. The van der Waals surface area contributed by atoms with Crippen molar-refractivity contribution in [2.75, 3.05) is 7.11 Å². The molecule has 0 spiro atoms. The predicted molar refractivity (Wildman–Crippen MR) is 138 cm³/mol. The molecule has 0 aliphatic heterocycles. The molecule has 0 saturated heterocycles. The molecule has 4 heteroatoms. The van der Waals surface area contributed by atoms with Gasteiger partial charge in [0.15, 0.2) is 0 Å². The van der Waals surface area contributed by atoms with Crippen molar-refractivity contribution in [1.29, 1.82) is 0 Å². The fraction of sp³-hybridized carbons (Fsp3) is 0.0741. The first kappa shape index (κ1) is 22.9. The number of ether oxygens (including phenoxy) is 1. The van der Waals surface area contributed by atoms with Crippen LogP contribution in [0.5, 0.6) is 0 Å². The van der Waals surface area contributed by atoms with E-state index in [1.165, 1.54) is 23.0 Å². The first-order valence-corrected chi connectivity index (χ1v) is 12.3. The van der Waals surface area contributed by atoms with E-state index in [0.29, 0.717) is 5.56 Å². The van der Waals surface area contributed by atoms with Gasteiger partial charge in [0.05, 0.1) is 0 Å². The van der Waals surface area contributed by atoms with Gasteiger partial charge in [-0.2, -0.15) is 0 Å². The van der Waals surface area contributed by atoms with Crippen molar-refractivity contribution in [3.8, 4) is 0 Å². The van der Waals surface area contributed by atoms with Gasteiger partial charge in [-0.25, -0.2) is 0 Å². The standard InChI is InChI=1S/C27H25O2P.BrH/c1-29-27(28)23-13-11-12-22(20-23)21-30(24-14-5-2-6-15-24,25-16-7-3-8-17-25)26-18-9-4-10-19-26;/h2-20,30H,21H2,1H3;1H. The van der Waals surface area contributed by atoms with Crippen LogP contribution in [0.15, 0.2) is 115 Å². The summed E-state index contributed by atoms with van der Waals surface area (Å²) in [7, 11) is -0.962. The third-order valence-electron chi connectivity index (χ3n) is 5.62. The average Bonchev–Trinajstić information content (AvgIpc) is 2.84. The van der Waals surface area contributed by atoms with E-state index in [9.17, 15) is 4.79 Å². The number of rotatable bonds is 6. The van der Waals surface area contributed by atoms with Gasteiger partial charge in [0.25, 0.3) is 0 Å². The number of methoxy groups -OCH3 is 1. The van der Waals surface area contributed by atoms with E-state index in [1.807, 2.05) is 18.2 Å². The van der Waals surface area contributed by atoms with Crippen LogP contribution in [0.1, 0.15) is 15.9 Å². The number of benzene rings is 4. The summed E-state index contributed by atoms with van der Waals surface area (Å²) < 4.78 is 4.95. The van der Waals surface area contributed by atoms with E-state index in [0.717, 1.165) is 11.7 Å². The van der Waals surface area contributed by atoms with E-state index in [4.69, 9.17) is 4.74 Å². The Hall–Kier alpha value is -2.74. The molecular formula is C27H26BrO2P. The molecule has 158 valence electrons. The molecule has 4 rings (SSSR count). The summed E-state index contributed by atoms with van der Waals surface area (Å²) in [5.41, 5.74) is 1.73. The first-order valence-electron chi connectivity index (χ1n) is 10.1. The Kier molecular flexibility index (Phi) is 7.79. The minimum atomic E-state index is -2.38. The number of carbonyl (C=O) groups is 1. The second kappa shape index (κ2) is 10.5. The Morgan fingerprint density at radius 2 is 1.13 bits per heavy atom. The molecule has 0 amide bonds. The molecule has 2 nitrogen and oxygen atoms in total. The molecule has 0 aliphatic rings. The Balaban J connectivity index is 0.00000272. The summed E-state index contributed by atoms with van der Waals surface area (Å²) in [4.78, 5) is 12.1. The molecule has 4 aromatic rings. The molecule has 0 fully saturated rings. The van der Waals surface area contributed by atoms with Gasteiger partial charge in [-0.3, -0.25) is 0 Å². The second-order valence-electron chi connectivity index (χ2n) is 7.37. The number of hydrogen-bond donors (Lipinski definition) is 0. The number of carbonyl (C=O) groups excluding carboxylic acids is 1. The van der Waals surface area contributed by atoms with Crippen molar-refractivity contribution in [3.05, 3.63) is 126 Å². The Labute approximate surface area is 195 Å². The van der Waals surface area contributed by atoms with Gasteiger partial charge < -0.3 is 0 Å². The van der Waals surface area contributed by atoms with Crippen LogP contribution < -0.4 is 15.9 Å².